The van der Waals surface area contributed by atoms with E-state index in [9.17, 15) is 0 Å². The van der Waals surface area contributed by atoms with Crippen molar-refractivity contribution in [3.8, 4) is 0 Å². The van der Waals surface area contributed by atoms with Gasteiger partial charge in [0.2, 0.25) is 0 Å². The van der Waals surface area contributed by atoms with Gasteiger partial charge in [0.05, 0.1) is 0 Å². The van der Waals surface area contributed by atoms with Crippen LogP contribution in [-0.2, 0) is 0 Å². The molecule has 0 saturated carbocycles. The number of benzene rings is 1. The van der Waals surface area contributed by atoms with E-state index in [4.69, 9.17) is 0 Å². The molecule has 0 heterocycles. The SMILES string of the molecule is CC(NN(C)C)c1ccccc1Br. The van der Waals surface area contributed by atoms with Gasteiger partial charge in [0, 0.05) is 24.6 Å². The number of nitrogens with one attached hydrogen (secondary N) is 1. The van der Waals surface area contributed by atoms with Crippen molar-refractivity contribution in [1.82, 2.24) is 10.4 Å². The molecule has 0 amide bonds. The Morgan fingerprint density at radius 2 is 1.92 bits per heavy atom. The fourth-order valence-corrected chi connectivity index (χ4v) is 1.91. The number of rotatable bonds is 3. The molecule has 0 fully saturated rings. The third-order valence-electron chi connectivity index (χ3n) is 1.82. The summed E-state index contributed by atoms with van der Waals surface area (Å²) >= 11 is 3.53. The summed E-state index contributed by atoms with van der Waals surface area (Å²) in [5.74, 6) is 0. The average Bonchev–Trinajstić information content (AvgIpc) is 2.03. The minimum Gasteiger partial charge on any atom is -0.250 e. The van der Waals surface area contributed by atoms with E-state index in [0.29, 0.717) is 6.04 Å². The first kappa shape index (κ1) is 10.7. The maximum absolute atomic E-state index is 3.53. The van der Waals surface area contributed by atoms with Crippen LogP contribution in [0.5, 0.6) is 0 Å². The van der Waals surface area contributed by atoms with Gasteiger partial charge in [-0.25, -0.2) is 5.43 Å². The topological polar surface area (TPSA) is 15.3 Å². The van der Waals surface area contributed by atoms with Gasteiger partial charge in [-0.3, -0.25) is 5.01 Å². The van der Waals surface area contributed by atoms with E-state index >= 15 is 0 Å². The number of hydrazine groups is 1. The lowest BCUT2D eigenvalue weighted by atomic mass is 10.1. The summed E-state index contributed by atoms with van der Waals surface area (Å²) in [4.78, 5) is 0. The smallest absolute Gasteiger partial charge is 0.0447 e. The largest absolute Gasteiger partial charge is 0.250 e. The molecule has 0 bridgehead atoms. The predicted octanol–water partition coefficient (Wildman–Crippen LogP) is 2.58. The van der Waals surface area contributed by atoms with Gasteiger partial charge in [-0.15, -0.1) is 0 Å². The van der Waals surface area contributed by atoms with Crippen LogP contribution in [0.15, 0.2) is 28.7 Å². The van der Waals surface area contributed by atoms with Crippen LogP contribution < -0.4 is 5.43 Å². The van der Waals surface area contributed by atoms with Gasteiger partial charge in [-0.1, -0.05) is 34.1 Å². The minimum atomic E-state index is 0.325. The summed E-state index contributed by atoms with van der Waals surface area (Å²) in [5, 5.41) is 1.96. The highest BCUT2D eigenvalue weighted by atomic mass is 79.9. The van der Waals surface area contributed by atoms with Crippen molar-refractivity contribution in [2.75, 3.05) is 14.1 Å². The minimum absolute atomic E-state index is 0.325. The molecular weight excluding hydrogens is 228 g/mol. The van der Waals surface area contributed by atoms with Crippen molar-refractivity contribution in [3.05, 3.63) is 34.3 Å². The lowest BCUT2D eigenvalue weighted by molar-refractivity contribution is 0.252. The summed E-state index contributed by atoms with van der Waals surface area (Å²) in [6, 6.07) is 8.57. The molecule has 1 aromatic carbocycles. The van der Waals surface area contributed by atoms with Gasteiger partial charge in [-0.2, -0.15) is 0 Å². The van der Waals surface area contributed by atoms with Crippen LogP contribution in [0.1, 0.15) is 18.5 Å². The summed E-state index contributed by atoms with van der Waals surface area (Å²) in [6.07, 6.45) is 0. The third-order valence-corrected chi connectivity index (χ3v) is 2.55. The quantitative estimate of drug-likeness (QED) is 0.821. The van der Waals surface area contributed by atoms with Gasteiger partial charge in [0.15, 0.2) is 0 Å². The zero-order valence-corrected chi connectivity index (χ0v) is 9.80. The van der Waals surface area contributed by atoms with E-state index in [0.717, 1.165) is 4.47 Å². The number of halogens is 1. The zero-order valence-electron chi connectivity index (χ0n) is 8.21. The molecule has 1 aromatic rings. The first-order valence-electron chi connectivity index (χ1n) is 4.29. The molecule has 0 aliphatic carbocycles. The molecule has 3 heteroatoms. The Morgan fingerprint density at radius 1 is 1.31 bits per heavy atom. The molecule has 0 spiro atoms. The molecule has 1 unspecified atom stereocenters. The number of hydrogen-bond acceptors (Lipinski definition) is 2. The normalized spacial score (nSPS) is 13.3. The first-order chi connectivity index (χ1) is 6.11. The summed E-state index contributed by atoms with van der Waals surface area (Å²) < 4.78 is 1.15. The van der Waals surface area contributed by atoms with Gasteiger partial charge in [0.25, 0.3) is 0 Å². The van der Waals surface area contributed by atoms with E-state index in [1.807, 2.05) is 31.2 Å². The zero-order chi connectivity index (χ0) is 9.84. The molecule has 1 rings (SSSR count). The molecule has 0 radical (unpaired) electrons. The van der Waals surface area contributed by atoms with Gasteiger partial charge in [0.1, 0.15) is 0 Å². The van der Waals surface area contributed by atoms with Gasteiger partial charge in [-0.05, 0) is 18.6 Å². The Balaban J connectivity index is 2.76. The van der Waals surface area contributed by atoms with Crippen molar-refractivity contribution in [3.63, 3.8) is 0 Å². The summed E-state index contributed by atoms with van der Waals surface area (Å²) in [6.45, 7) is 2.14. The molecule has 1 N–H and O–H groups in total. The van der Waals surface area contributed by atoms with Gasteiger partial charge < -0.3 is 0 Å². The second-order valence-electron chi connectivity index (χ2n) is 3.27. The molecule has 1 atom stereocenters. The molecule has 2 nitrogen and oxygen atoms in total. The number of nitrogens with zero attached hydrogens (tertiary/aromatic N) is 1. The van der Waals surface area contributed by atoms with Crippen LogP contribution in [0.25, 0.3) is 0 Å². The fraction of sp³-hybridized carbons (Fsp3) is 0.400. The Hall–Kier alpha value is -0.380. The van der Waals surface area contributed by atoms with E-state index in [2.05, 4.69) is 40.4 Å². The van der Waals surface area contributed by atoms with Crippen molar-refractivity contribution >= 4 is 15.9 Å². The fourth-order valence-electron chi connectivity index (χ4n) is 1.28. The lowest BCUT2D eigenvalue weighted by Gasteiger charge is -2.20. The highest BCUT2D eigenvalue weighted by Crippen LogP contribution is 2.22. The predicted molar refractivity (Wildman–Crippen MR) is 59.4 cm³/mol. The van der Waals surface area contributed by atoms with Crippen LogP contribution >= 0.6 is 15.9 Å². The highest BCUT2D eigenvalue weighted by Gasteiger charge is 2.07. The van der Waals surface area contributed by atoms with Crippen molar-refractivity contribution in [2.24, 2.45) is 0 Å². The Kier molecular flexibility index (Phi) is 3.90. The second kappa shape index (κ2) is 4.74. The maximum atomic E-state index is 3.53. The van der Waals surface area contributed by atoms with E-state index in [-0.39, 0.29) is 0 Å². The van der Waals surface area contributed by atoms with Gasteiger partial charge >= 0.3 is 0 Å². The van der Waals surface area contributed by atoms with Crippen LogP contribution in [0, 0.1) is 0 Å². The summed E-state index contributed by atoms with van der Waals surface area (Å²) in [7, 11) is 3.99. The van der Waals surface area contributed by atoms with Crippen molar-refractivity contribution in [1.29, 1.82) is 0 Å². The number of hydrogen-bond donors (Lipinski definition) is 1. The van der Waals surface area contributed by atoms with Crippen LogP contribution in [-0.4, -0.2) is 19.1 Å². The Bertz CT molecular complexity index is 273. The summed E-state index contributed by atoms with van der Waals surface area (Å²) in [5.41, 5.74) is 4.58. The molecule has 0 aromatic heterocycles. The van der Waals surface area contributed by atoms with Crippen LogP contribution in [0.2, 0.25) is 0 Å². The molecule has 0 aliphatic rings. The lowest BCUT2D eigenvalue weighted by Crippen LogP contribution is -2.32. The molecule has 0 saturated heterocycles. The molecule has 13 heavy (non-hydrogen) atoms. The van der Waals surface area contributed by atoms with E-state index in [1.165, 1.54) is 5.56 Å². The standard InChI is InChI=1S/C10H15BrN2/c1-8(12-13(2)3)9-6-4-5-7-10(9)11/h4-8,12H,1-3H3. The maximum Gasteiger partial charge on any atom is 0.0447 e. The van der Waals surface area contributed by atoms with Crippen molar-refractivity contribution in [2.45, 2.75) is 13.0 Å². The average molecular weight is 243 g/mol. The van der Waals surface area contributed by atoms with Crippen molar-refractivity contribution < 1.29 is 0 Å². The van der Waals surface area contributed by atoms with Crippen LogP contribution in [0.3, 0.4) is 0 Å². The first-order valence-corrected chi connectivity index (χ1v) is 5.08. The van der Waals surface area contributed by atoms with Crippen LogP contribution in [0.4, 0.5) is 0 Å². The Morgan fingerprint density at radius 3 is 2.46 bits per heavy atom. The van der Waals surface area contributed by atoms with E-state index < -0.39 is 0 Å². The van der Waals surface area contributed by atoms with E-state index in [1.54, 1.807) is 0 Å². The molecule has 72 valence electrons. The highest BCUT2D eigenvalue weighted by molar-refractivity contribution is 9.10. The Labute approximate surface area is 88.0 Å². The monoisotopic (exact) mass is 242 g/mol. The molecular formula is C10H15BrN2. The third kappa shape index (κ3) is 3.10. The molecule has 0 aliphatic heterocycles. The second-order valence-corrected chi connectivity index (χ2v) is 4.12.